The molecular formula is C15H15Cl2NO. The van der Waals surface area contributed by atoms with E-state index in [4.69, 9.17) is 33.7 Å². The average Bonchev–Trinajstić information content (AvgIpc) is 2.43. The normalized spacial score (nSPS) is 12.2. The van der Waals surface area contributed by atoms with Crippen molar-refractivity contribution in [2.75, 3.05) is 13.2 Å². The fourth-order valence-corrected chi connectivity index (χ4v) is 2.32. The third kappa shape index (κ3) is 3.63. The summed E-state index contributed by atoms with van der Waals surface area (Å²) in [6.45, 7) is 0.915. The van der Waals surface area contributed by atoms with Crippen LogP contribution in [0.15, 0.2) is 48.5 Å². The largest absolute Gasteiger partial charge is 0.491 e. The quantitative estimate of drug-likeness (QED) is 0.901. The van der Waals surface area contributed by atoms with Gasteiger partial charge in [0.1, 0.15) is 5.75 Å². The van der Waals surface area contributed by atoms with E-state index in [1.54, 1.807) is 6.07 Å². The first kappa shape index (κ1) is 14.2. The lowest BCUT2D eigenvalue weighted by Crippen LogP contribution is -2.20. The maximum atomic E-state index is 6.17. The van der Waals surface area contributed by atoms with E-state index >= 15 is 0 Å². The van der Waals surface area contributed by atoms with Crippen LogP contribution in [-0.4, -0.2) is 13.2 Å². The topological polar surface area (TPSA) is 35.2 Å². The minimum Gasteiger partial charge on any atom is -0.491 e. The third-order valence-corrected chi connectivity index (χ3v) is 3.56. The van der Waals surface area contributed by atoms with Crippen molar-refractivity contribution in [2.24, 2.45) is 5.73 Å². The Kier molecular flexibility index (Phi) is 5.08. The molecule has 0 fully saturated rings. The van der Waals surface area contributed by atoms with Crippen molar-refractivity contribution in [1.82, 2.24) is 0 Å². The molecule has 0 bridgehead atoms. The Morgan fingerprint density at radius 3 is 2.21 bits per heavy atom. The highest BCUT2D eigenvalue weighted by molar-refractivity contribution is 6.32. The van der Waals surface area contributed by atoms with E-state index in [2.05, 4.69) is 0 Å². The Morgan fingerprint density at radius 2 is 1.58 bits per heavy atom. The first-order valence-electron chi connectivity index (χ1n) is 6.04. The number of rotatable bonds is 5. The van der Waals surface area contributed by atoms with Gasteiger partial charge in [0, 0.05) is 17.5 Å². The van der Waals surface area contributed by atoms with Gasteiger partial charge < -0.3 is 10.5 Å². The predicted octanol–water partition coefficient (Wildman–Crippen LogP) is 4.11. The van der Waals surface area contributed by atoms with Crippen molar-refractivity contribution in [3.8, 4) is 5.75 Å². The Balaban J connectivity index is 2.09. The first-order chi connectivity index (χ1) is 9.22. The molecular weight excluding hydrogens is 281 g/mol. The Morgan fingerprint density at radius 1 is 0.947 bits per heavy atom. The summed E-state index contributed by atoms with van der Waals surface area (Å²) in [5.74, 6) is 0.708. The molecule has 1 unspecified atom stereocenters. The number of hydrogen-bond donors (Lipinski definition) is 1. The van der Waals surface area contributed by atoms with Gasteiger partial charge >= 0.3 is 0 Å². The van der Waals surface area contributed by atoms with Crippen LogP contribution in [0.1, 0.15) is 11.5 Å². The van der Waals surface area contributed by atoms with Gasteiger partial charge in [0.05, 0.1) is 11.6 Å². The van der Waals surface area contributed by atoms with Crippen LogP contribution in [-0.2, 0) is 0 Å². The molecule has 19 heavy (non-hydrogen) atoms. The van der Waals surface area contributed by atoms with Crippen LogP contribution in [0.3, 0.4) is 0 Å². The summed E-state index contributed by atoms with van der Waals surface area (Å²) in [5, 5.41) is 1.30. The number of para-hydroxylation sites is 1. The van der Waals surface area contributed by atoms with Crippen molar-refractivity contribution >= 4 is 23.2 Å². The van der Waals surface area contributed by atoms with Crippen molar-refractivity contribution in [2.45, 2.75) is 5.92 Å². The number of hydrogen-bond acceptors (Lipinski definition) is 2. The molecule has 2 rings (SSSR count). The lowest BCUT2D eigenvalue weighted by Gasteiger charge is -2.18. The molecule has 100 valence electrons. The predicted molar refractivity (Wildman–Crippen MR) is 80.2 cm³/mol. The summed E-state index contributed by atoms with van der Waals surface area (Å²) in [6.07, 6.45) is 0. The summed E-state index contributed by atoms with van der Waals surface area (Å²) < 4.78 is 5.73. The van der Waals surface area contributed by atoms with E-state index in [0.29, 0.717) is 28.9 Å². The molecule has 0 aromatic heterocycles. The molecule has 0 aliphatic heterocycles. The Hall–Kier alpha value is -1.22. The molecule has 0 radical (unpaired) electrons. The third-order valence-electron chi connectivity index (χ3n) is 2.91. The average molecular weight is 296 g/mol. The van der Waals surface area contributed by atoms with Gasteiger partial charge in [-0.15, -0.1) is 0 Å². The monoisotopic (exact) mass is 295 g/mol. The highest BCUT2D eigenvalue weighted by Crippen LogP contribution is 2.27. The fraction of sp³-hybridized carbons (Fsp3) is 0.200. The molecule has 2 aromatic rings. The van der Waals surface area contributed by atoms with Crippen molar-refractivity contribution in [1.29, 1.82) is 0 Å². The Bertz CT molecular complexity index is 545. The molecule has 0 aliphatic carbocycles. The molecule has 0 spiro atoms. The van der Waals surface area contributed by atoms with Gasteiger partial charge in [0.15, 0.2) is 0 Å². The zero-order valence-electron chi connectivity index (χ0n) is 10.4. The van der Waals surface area contributed by atoms with E-state index in [1.807, 2.05) is 42.5 Å². The van der Waals surface area contributed by atoms with Crippen LogP contribution in [0.5, 0.6) is 5.75 Å². The number of halogens is 2. The number of ether oxygens (including phenoxy) is 1. The van der Waals surface area contributed by atoms with Gasteiger partial charge in [-0.25, -0.2) is 0 Å². The van der Waals surface area contributed by atoms with Crippen LogP contribution in [0, 0.1) is 0 Å². The highest BCUT2D eigenvalue weighted by Gasteiger charge is 2.14. The molecule has 1 atom stereocenters. The van der Waals surface area contributed by atoms with Crippen molar-refractivity contribution in [3.05, 3.63) is 64.1 Å². The lowest BCUT2D eigenvalue weighted by molar-refractivity contribution is 0.290. The zero-order chi connectivity index (χ0) is 13.7. The van der Waals surface area contributed by atoms with E-state index < -0.39 is 0 Å². The van der Waals surface area contributed by atoms with E-state index in [-0.39, 0.29) is 5.92 Å². The summed E-state index contributed by atoms with van der Waals surface area (Å²) in [4.78, 5) is 0. The molecule has 0 saturated heterocycles. The van der Waals surface area contributed by atoms with Crippen molar-refractivity contribution < 1.29 is 4.74 Å². The fourth-order valence-electron chi connectivity index (χ4n) is 1.84. The number of benzene rings is 2. The van der Waals surface area contributed by atoms with Crippen LogP contribution in [0.4, 0.5) is 0 Å². The van der Waals surface area contributed by atoms with Crippen LogP contribution < -0.4 is 10.5 Å². The van der Waals surface area contributed by atoms with Crippen LogP contribution >= 0.6 is 23.2 Å². The molecule has 0 heterocycles. The smallest absolute Gasteiger partial charge is 0.137 e. The molecule has 0 aliphatic rings. The molecule has 2 N–H and O–H groups in total. The summed E-state index contributed by atoms with van der Waals surface area (Å²) >= 11 is 12.2. The summed E-state index contributed by atoms with van der Waals surface area (Å²) in [5.41, 5.74) is 6.80. The first-order valence-corrected chi connectivity index (χ1v) is 6.79. The molecule has 0 saturated carbocycles. The molecule has 4 heteroatoms. The lowest BCUT2D eigenvalue weighted by atomic mass is 10.0. The Labute approximate surface area is 123 Å². The zero-order valence-corrected chi connectivity index (χ0v) is 11.9. The van der Waals surface area contributed by atoms with Crippen molar-refractivity contribution in [3.63, 3.8) is 0 Å². The van der Waals surface area contributed by atoms with E-state index in [1.165, 1.54) is 0 Å². The highest BCUT2D eigenvalue weighted by atomic mass is 35.5. The minimum atomic E-state index is 0.0463. The van der Waals surface area contributed by atoms with Gasteiger partial charge in [-0.05, 0) is 23.8 Å². The maximum absolute atomic E-state index is 6.17. The SMILES string of the molecule is NCC(COc1ccccc1Cl)c1ccccc1Cl. The van der Waals surface area contributed by atoms with Crippen LogP contribution in [0.2, 0.25) is 10.0 Å². The van der Waals surface area contributed by atoms with E-state index in [0.717, 1.165) is 5.56 Å². The molecule has 2 nitrogen and oxygen atoms in total. The van der Waals surface area contributed by atoms with E-state index in [9.17, 15) is 0 Å². The second-order valence-electron chi connectivity index (χ2n) is 4.20. The van der Waals surface area contributed by atoms with Gasteiger partial charge in [-0.3, -0.25) is 0 Å². The summed E-state index contributed by atoms with van der Waals surface area (Å²) in [7, 11) is 0. The second kappa shape index (κ2) is 6.80. The summed E-state index contributed by atoms with van der Waals surface area (Å²) in [6, 6.07) is 15.0. The minimum absolute atomic E-state index is 0.0463. The standard InChI is InChI=1S/C15H15Cl2NO/c16-13-6-2-1-5-12(13)11(9-18)10-19-15-8-4-3-7-14(15)17/h1-8,11H,9-10,18H2. The molecule has 2 aromatic carbocycles. The maximum Gasteiger partial charge on any atom is 0.137 e. The number of nitrogens with two attached hydrogens (primary N) is 1. The van der Waals surface area contributed by atoms with Gasteiger partial charge in [0.2, 0.25) is 0 Å². The van der Waals surface area contributed by atoms with Crippen LogP contribution in [0.25, 0.3) is 0 Å². The van der Waals surface area contributed by atoms with Gasteiger partial charge in [0.25, 0.3) is 0 Å². The molecule has 0 amide bonds. The van der Waals surface area contributed by atoms with Gasteiger partial charge in [-0.2, -0.15) is 0 Å². The van der Waals surface area contributed by atoms with Gasteiger partial charge in [-0.1, -0.05) is 53.5 Å². The second-order valence-corrected chi connectivity index (χ2v) is 5.01.